The molecule has 0 aromatic rings. The first-order chi connectivity index (χ1) is 6.63. The summed E-state index contributed by atoms with van der Waals surface area (Å²) >= 11 is 0. The Labute approximate surface area is 86.2 Å². The van der Waals surface area contributed by atoms with Gasteiger partial charge in [-0.05, 0) is 39.8 Å². The number of carbonyl (C=O) groups excluding carboxylic acids is 1. The molecule has 1 N–H and O–H groups in total. The summed E-state index contributed by atoms with van der Waals surface area (Å²) in [7, 11) is 2.13. The summed E-state index contributed by atoms with van der Waals surface area (Å²) in [5.74, 6) is 0.0363. The lowest BCUT2D eigenvalue weighted by atomic mass is 9.99. The number of rotatable bonds is 2. The Kier molecular flexibility index (Phi) is 4.14. The summed E-state index contributed by atoms with van der Waals surface area (Å²) < 4.78 is 0. The van der Waals surface area contributed by atoms with Crippen LogP contribution in [0.2, 0.25) is 0 Å². The van der Waals surface area contributed by atoms with Crippen molar-refractivity contribution in [1.82, 2.24) is 10.2 Å². The van der Waals surface area contributed by atoms with E-state index in [1.54, 1.807) is 12.2 Å². The molecule has 0 radical (unpaired) electrons. The highest BCUT2D eigenvalue weighted by molar-refractivity contribution is 5.87. The second kappa shape index (κ2) is 5.15. The molecule has 80 valence electrons. The van der Waals surface area contributed by atoms with Crippen LogP contribution in [0.5, 0.6) is 0 Å². The first-order valence-electron chi connectivity index (χ1n) is 5.27. The van der Waals surface area contributed by atoms with Gasteiger partial charge in [-0.15, -0.1) is 0 Å². The molecule has 0 bridgehead atoms. The lowest BCUT2D eigenvalue weighted by Crippen LogP contribution is -2.46. The Morgan fingerprint density at radius 3 is 2.86 bits per heavy atom. The first kappa shape index (κ1) is 11.2. The molecular formula is C11H20N2O. The average molecular weight is 196 g/mol. The molecule has 1 fully saturated rings. The molecule has 14 heavy (non-hydrogen) atoms. The van der Waals surface area contributed by atoms with Gasteiger partial charge in [-0.3, -0.25) is 4.79 Å². The van der Waals surface area contributed by atoms with Gasteiger partial charge >= 0.3 is 0 Å². The number of hydrogen-bond acceptors (Lipinski definition) is 2. The van der Waals surface area contributed by atoms with Gasteiger partial charge in [0.15, 0.2) is 0 Å². The number of likely N-dealkylation sites (tertiary alicyclic amines) is 1. The van der Waals surface area contributed by atoms with Crippen molar-refractivity contribution < 1.29 is 4.79 Å². The van der Waals surface area contributed by atoms with E-state index in [0.29, 0.717) is 12.1 Å². The molecule has 0 spiro atoms. The minimum Gasteiger partial charge on any atom is -0.350 e. The van der Waals surface area contributed by atoms with Gasteiger partial charge in [0.25, 0.3) is 0 Å². The zero-order chi connectivity index (χ0) is 10.6. The maximum absolute atomic E-state index is 11.3. The van der Waals surface area contributed by atoms with Gasteiger partial charge in [-0.1, -0.05) is 6.08 Å². The number of nitrogens with zero attached hydrogens (tertiary/aromatic N) is 1. The molecule has 0 aromatic carbocycles. The van der Waals surface area contributed by atoms with Crippen LogP contribution in [-0.2, 0) is 4.79 Å². The van der Waals surface area contributed by atoms with Crippen molar-refractivity contribution >= 4 is 5.91 Å². The van der Waals surface area contributed by atoms with Gasteiger partial charge in [0.05, 0.1) is 0 Å². The Hall–Kier alpha value is -0.830. The summed E-state index contributed by atoms with van der Waals surface area (Å²) in [6.45, 7) is 5.13. The van der Waals surface area contributed by atoms with E-state index in [0.717, 1.165) is 19.4 Å². The van der Waals surface area contributed by atoms with Crippen LogP contribution in [0.15, 0.2) is 12.2 Å². The van der Waals surface area contributed by atoms with Gasteiger partial charge in [0, 0.05) is 18.6 Å². The Morgan fingerprint density at radius 2 is 2.29 bits per heavy atom. The summed E-state index contributed by atoms with van der Waals surface area (Å²) in [5, 5.41) is 3.02. The van der Waals surface area contributed by atoms with E-state index < -0.39 is 0 Å². The number of piperidine rings is 1. The molecule has 1 aliphatic heterocycles. The minimum absolute atomic E-state index is 0.0363. The van der Waals surface area contributed by atoms with Crippen LogP contribution >= 0.6 is 0 Å². The molecule has 1 heterocycles. The van der Waals surface area contributed by atoms with Crippen LogP contribution in [0.3, 0.4) is 0 Å². The second-order valence-electron chi connectivity index (χ2n) is 4.06. The summed E-state index contributed by atoms with van der Waals surface area (Å²) in [6.07, 6.45) is 5.47. The van der Waals surface area contributed by atoms with E-state index in [-0.39, 0.29) is 5.91 Å². The predicted octanol–water partition coefficient (Wildman–Crippen LogP) is 1.16. The fraction of sp³-hybridized carbons (Fsp3) is 0.727. The fourth-order valence-corrected chi connectivity index (χ4v) is 1.82. The molecule has 0 aromatic heterocycles. The Balaban J connectivity index is 2.36. The number of amides is 1. The standard InChI is InChI=1S/C11H20N2O/c1-4-5-11(14)12-10-6-7-13(3)9(2)8-10/h4-5,9-10H,6-8H2,1-3H3,(H,12,14)/b5-4+. The van der Waals surface area contributed by atoms with Gasteiger partial charge in [0.2, 0.25) is 5.91 Å². The smallest absolute Gasteiger partial charge is 0.243 e. The molecule has 3 nitrogen and oxygen atoms in total. The van der Waals surface area contributed by atoms with E-state index in [1.165, 1.54) is 0 Å². The van der Waals surface area contributed by atoms with E-state index in [2.05, 4.69) is 24.2 Å². The lowest BCUT2D eigenvalue weighted by molar-refractivity contribution is -0.117. The molecule has 3 heteroatoms. The maximum atomic E-state index is 11.3. The van der Waals surface area contributed by atoms with Crippen LogP contribution in [0.1, 0.15) is 26.7 Å². The van der Waals surface area contributed by atoms with Crippen molar-refractivity contribution in [3.63, 3.8) is 0 Å². The molecule has 1 rings (SSSR count). The largest absolute Gasteiger partial charge is 0.350 e. The molecule has 0 aliphatic carbocycles. The molecule has 0 saturated carbocycles. The van der Waals surface area contributed by atoms with Crippen LogP contribution in [-0.4, -0.2) is 36.5 Å². The van der Waals surface area contributed by atoms with Crippen molar-refractivity contribution in [3.8, 4) is 0 Å². The molecule has 2 atom stereocenters. The predicted molar refractivity (Wildman–Crippen MR) is 58.1 cm³/mol. The SMILES string of the molecule is C/C=C/C(=O)NC1CCN(C)C(C)C1. The van der Waals surface area contributed by atoms with Crippen LogP contribution in [0, 0.1) is 0 Å². The zero-order valence-corrected chi connectivity index (χ0v) is 9.29. The molecule has 2 unspecified atom stereocenters. The Bertz CT molecular complexity index is 225. The van der Waals surface area contributed by atoms with E-state index >= 15 is 0 Å². The first-order valence-corrected chi connectivity index (χ1v) is 5.27. The average Bonchev–Trinajstić information content (AvgIpc) is 2.12. The molecule has 1 amide bonds. The van der Waals surface area contributed by atoms with Crippen LogP contribution in [0.4, 0.5) is 0 Å². The third kappa shape index (κ3) is 3.14. The van der Waals surface area contributed by atoms with E-state index in [4.69, 9.17) is 0 Å². The quantitative estimate of drug-likeness (QED) is 0.672. The number of carbonyl (C=O) groups is 1. The second-order valence-corrected chi connectivity index (χ2v) is 4.06. The number of hydrogen-bond donors (Lipinski definition) is 1. The fourth-order valence-electron chi connectivity index (χ4n) is 1.82. The highest BCUT2D eigenvalue weighted by Crippen LogP contribution is 2.14. The van der Waals surface area contributed by atoms with Crippen molar-refractivity contribution in [1.29, 1.82) is 0 Å². The highest BCUT2D eigenvalue weighted by Gasteiger charge is 2.23. The minimum atomic E-state index is 0.0363. The van der Waals surface area contributed by atoms with Gasteiger partial charge in [0.1, 0.15) is 0 Å². The monoisotopic (exact) mass is 196 g/mol. The lowest BCUT2D eigenvalue weighted by Gasteiger charge is -2.35. The normalized spacial score (nSPS) is 29.4. The van der Waals surface area contributed by atoms with Crippen LogP contribution < -0.4 is 5.32 Å². The highest BCUT2D eigenvalue weighted by atomic mass is 16.1. The molecule has 1 aliphatic rings. The third-order valence-electron chi connectivity index (χ3n) is 2.87. The summed E-state index contributed by atoms with van der Waals surface area (Å²) in [4.78, 5) is 13.6. The molecule has 1 saturated heterocycles. The Morgan fingerprint density at radius 1 is 1.57 bits per heavy atom. The van der Waals surface area contributed by atoms with Crippen molar-refractivity contribution in [2.75, 3.05) is 13.6 Å². The molecular weight excluding hydrogens is 176 g/mol. The number of allylic oxidation sites excluding steroid dienone is 1. The van der Waals surface area contributed by atoms with Gasteiger partial charge in [-0.2, -0.15) is 0 Å². The summed E-state index contributed by atoms with van der Waals surface area (Å²) in [5.41, 5.74) is 0. The number of nitrogens with one attached hydrogen (secondary N) is 1. The maximum Gasteiger partial charge on any atom is 0.243 e. The van der Waals surface area contributed by atoms with Gasteiger partial charge in [-0.25, -0.2) is 0 Å². The van der Waals surface area contributed by atoms with Crippen molar-refractivity contribution in [2.24, 2.45) is 0 Å². The van der Waals surface area contributed by atoms with Gasteiger partial charge < -0.3 is 10.2 Å². The third-order valence-corrected chi connectivity index (χ3v) is 2.87. The zero-order valence-electron chi connectivity index (χ0n) is 9.29. The summed E-state index contributed by atoms with van der Waals surface area (Å²) in [6, 6.07) is 0.921. The van der Waals surface area contributed by atoms with Crippen molar-refractivity contribution in [3.05, 3.63) is 12.2 Å². The van der Waals surface area contributed by atoms with E-state index in [9.17, 15) is 4.79 Å². The van der Waals surface area contributed by atoms with E-state index in [1.807, 2.05) is 6.92 Å². The topological polar surface area (TPSA) is 32.3 Å². The van der Waals surface area contributed by atoms with Crippen LogP contribution in [0.25, 0.3) is 0 Å². The van der Waals surface area contributed by atoms with Crippen molar-refractivity contribution in [2.45, 2.75) is 38.8 Å².